The molecule has 0 aliphatic carbocycles. The first-order chi connectivity index (χ1) is 15.9. The van der Waals surface area contributed by atoms with Gasteiger partial charge >= 0.3 is 6.03 Å². The van der Waals surface area contributed by atoms with Crippen molar-refractivity contribution >= 4 is 11.7 Å². The Hall–Kier alpha value is -3.17. The quantitative estimate of drug-likeness (QED) is 0.697. The zero-order valence-corrected chi connectivity index (χ0v) is 20.0. The van der Waals surface area contributed by atoms with Gasteiger partial charge in [-0.15, -0.1) is 0 Å². The van der Waals surface area contributed by atoms with Crippen molar-refractivity contribution in [3.8, 4) is 0 Å². The van der Waals surface area contributed by atoms with Crippen molar-refractivity contribution in [3.63, 3.8) is 0 Å². The maximum atomic E-state index is 11.8. The molecule has 3 heterocycles. The molecule has 2 amide bonds. The molecule has 0 bridgehead atoms. The molecule has 2 aromatic rings. The number of benzene rings is 1. The van der Waals surface area contributed by atoms with Crippen LogP contribution in [0.1, 0.15) is 22.4 Å². The predicted octanol–water partition coefficient (Wildman–Crippen LogP) is 1.51. The average molecular weight is 451 g/mol. The van der Waals surface area contributed by atoms with Gasteiger partial charge in [-0.05, 0) is 18.1 Å². The van der Waals surface area contributed by atoms with Crippen molar-refractivity contribution in [2.45, 2.75) is 26.2 Å². The van der Waals surface area contributed by atoms with Crippen LogP contribution in [0.25, 0.3) is 0 Å². The zero-order chi connectivity index (χ0) is 23.4. The maximum Gasteiger partial charge on any atom is 0.317 e. The van der Waals surface area contributed by atoms with E-state index in [1.54, 1.807) is 14.1 Å². The topological polar surface area (TPSA) is 81.0 Å². The van der Waals surface area contributed by atoms with E-state index < -0.39 is 0 Å². The molecule has 1 unspecified atom stereocenters. The third-order valence-electron chi connectivity index (χ3n) is 6.40. The number of hydrogen-bond acceptors (Lipinski definition) is 6. The Morgan fingerprint density at radius 3 is 2.55 bits per heavy atom. The SMILES string of the molecule is Cc1c(CN2CCN(C3NC=CN=C3c3ccc(CNC(=O)N(C)C)cc3)CC2)cnn1C. The Labute approximate surface area is 195 Å². The van der Waals surface area contributed by atoms with Crippen molar-refractivity contribution in [1.82, 2.24) is 35.1 Å². The third-order valence-corrected chi connectivity index (χ3v) is 6.40. The molecule has 1 saturated heterocycles. The lowest BCUT2D eigenvalue weighted by Crippen LogP contribution is -2.57. The summed E-state index contributed by atoms with van der Waals surface area (Å²) in [6.45, 7) is 7.53. The average Bonchev–Trinajstić information content (AvgIpc) is 3.15. The molecule has 33 heavy (non-hydrogen) atoms. The number of nitrogens with zero attached hydrogens (tertiary/aromatic N) is 6. The second-order valence-corrected chi connectivity index (χ2v) is 8.84. The van der Waals surface area contributed by atoms with Crippen LogP contribution in [0.2, 0.25) is 0 Å². The molecule has 1 aromatic carbocycles. The molecular weight excluding hydrogens is 416 g/mol. The largest absolute Gasteiger partial charge is 0.369 e. The van der Waals surface area contributed by atoms with E-state index in [9.17, 15) is 4.79 Å². The Morgan fingerprint density at radius 2 is 1.91 bits per heavy atom. The minimum absolute atomic E-state index is 0.0524. The Bertz CT molecular complexity index is 1020. The number of hydrogen-bond donors (Lipinski definition) is 2. The summed E-state index contributed by atoms with van der Waals surface area (Å²) in [5, 5.41) is 10.8. The molecule has 9 nitrogen and oxygen atoms in total. The fourth-order valence-corrected chi connectivity index (χ4v) is 4.16. The van der Waals surface area contributed by atoms with E-state index >= 15 is 0 Å². The third kappa shape index (κ3) is 5.43. The van der Waals surface area contributed by atoms with Crippen molar-refractivity contribution in [1.29, 1.82) is 0 Å². The lowest BCUT2D eigenvalue weighted by molar-refractivity contribution is 0.106. The van der Waals surface area contributed by atoms with Crippen molar-refractivity contribution in [2.24, 2.45) is 12.0 Å². The number of aromatic nitrogens is 2. The highest BCUT2D eigenvalue weighted by Crippen LogP contribution is 2.17. The Balaban J connectivity index is 1.36. The molecule has 1 atom stereocenters. The van der Waals surface area contributed by atoms with Crippen LogP contribution in [0.3, 0.4) is 0 Å². The van der Waals surface area contributed by atoms with Crippen LogP contribution >= 0.6 is 0 Å². The van der Waals surface area contributed by atoms with Crippen LogP contribution in [0, 0.1) is 6.92 Å². The Morgan fingerprint density at radius 1 is 1.18 bits per heavy atom. The molecule has 0 spiro atoms. The highest BCUT2D eigenvalue weighted by molar-refractivity contribution is 6.05. The van der Waals surface area contributed by atoms with Crippen molar-refractivity contribution in [2.75, 3.05) is 40.3 Å². The fraction of sp³-hybridized carbons (Fsp3) is 0.458. The predicted molar refractivity (Wildman–Crippen MR) is 130 cm³/mol. The fourth-order valence-electron chi connectivity index (χ4n) is 4.16. The minimum atomic E-state index is -0.0945. The molecule has 2 N–H and O–H groups in total. The summed E-state index contributed by atoms with van der Waals surface area (Å²) < 4.78 is 1.94. The van der Waals surface area contributed by atoms with Crippen LogP contribution in [0.4, 0.5) is 4.79 Å². The molecule has 2 aliphatic rings. The molecule has 1 fully saturated rings. The van der Waals surface area contributed by atoms with E-state index in [-0.39, 0.29) is 12.2 Å². The first-order valence-electron chi connectivity index (χ1n) is 11.4. The molecule has 176 valence electrons. The van der Waals surface area contributed by atoms with E-state index in [2.05, 4.69) is 56.7 Å². The summed E-state index contributed by atoms with van der Waals surface area (Å²) in [5.41, 5.74) is 5.71. The first kappa shape index (κ1) is 23.0. The lowest BCUT2D eigenvalue weighted by Gasteiger charge is -2.40. The number of rotatable bonds is 6. The zero-order valence-electron chi connectivity index (χ0n) is 20.0. The van der Waals surface area contributed by atoms with Gasteiger partial charge in [0.1, 0.15) is 6.17 Å². The van der Waals surface area contributed by atoms with Crippen LogP contribution in [0.5, 0.6) is 0 Å². The Kier molecular flexibility index (Phi) is 7.10. The number of carbonyl (C=O) groups is 1. The van der Waals surface area contributed by atoms with Gasteiger partial charge in [0, 0.05) is 84.1 Å². The van der Waals surface area contributed by atoms with Gasteiger partial charge in [0.2, 0.25) is 0 Å². The first-order valence-corrected chi connectivity index (χ1v) is 11.4. The van der Waals surface area contributed by atoms with E-state index in [1.165, 1.54) is 16.2 Å². The molecular formula is C24H34N8O. The molecule has 0 radical (unpaired) electrons. The van der Waals surface area contributed by atoms with Crippen LogP contribution in [0.15, 0.2) is 47.9 Å². The number of amides is 2. The second kappa shape index (κ2) is 10.2. The van der Waals surface area contributed by atoms with E-state index in [4.69, 9.17) is 4.99 Å². The van der Waals surface area contributed by atoms with Crippen molar-refractivity contribution < 1.29 is 4.79 Å². The van der Waals surface area contributed by atoms with E-state index in [1.807, 2.05) is 30.3 Å². The monoisotopic (exact) mass is 450 g/mol. The van der Waals surface area contributed by atoms with Gasteiger partial charge in [-0.25, -0.2) is 4.79 Å². The van der Waals surface area contributed by atoms with Crippen molar-refractivity contribution in [3.05, 3.63) is 65.2 Å². The molecule has 2 aliphatic heterocycles. The van der Waals surface area contributed by atoms with Gasteiger partial charge in [-0.2, -0.15) is 5.10 Å². The van der Waals surface area contributed by atoms with Crippen LogP contribution in [-0.4, -0.2) is 82.7 Å². The van der Waals surface area contributed by atoms with Gasteiger partial charge in [-0.1, -0.05) is 24.3 Å². The lowest BCUT2D eigenvalue weighted by atomic mass is 10.0. The number of urea groups is 1. The summed E-state index contributed by atoms with van der Waals surface area (Å²) >= 11 is 0. The summed E-state index contributed by atoms with van der Waals surface area (Å²) in [6, 6.07) is 8.19. The molecule has 4 rings (SSSR count). The summed E-state index contributed by atoms with van der Waals surface area (Å²) in [5.74, 6) is 0. The van der Waals surface area contributed by atoms with Crippen LogP contribution < -0.4 is 10.6 Å². The van der Waals surface area contributed by atoms with Gasteiger partial charge in [0.15, 0.2) is 0 Å². The summed E-state index contributed by atoms with van der Waals surface area (Å²) in [4.78, 5) is 23.0. The number of aliphatic imine (C=N–C) groups is 1. The van der Waals surface area contributed by atoms with Gasteiger partial charge < -0.3 is 15.5 Å². The summed E-state index contributed by atoms with van der Waals surface area (Å²) in [7, 11) is 5.46. The summed E-state index contributed by atoms with van der Waals surface area (Å²) in [6.07, 6.45) is 5.77. The maximum absolute atomic E-state index is 11.8. The van der Waals surface area contributed by atoms with Gasteiger partial charge in [0.05, 0.1) is 11.9 Å². The van der Waals surface area contributed by atoms with Gasteiger partial charge in [-0.3, -0.25) is 19.5 Å². The van der Waals surface area contributed by atoms with Gasteiger partial charge in [0.25, 0.3) is 0 Å². The number of carbonyl (C=O) groups excluding carboxylic acids is 1. The highest BCUT2D eigenvalue weighted by atomic mass is 16.2. The number of nitrogens with one attached hydrogen (secondary N) is 2. The smallest absolute Gasteiger partial charge is 0.317 e. The number of aryl methyl sites for hydroxylation is 1. The highest BCUT2D eigenvalue weighted by Gasteiger charge is 2.29. The van der Waals surface area contributed by atoms with E-state index in [0.717, 1.165) is 49.6 Å². The van der Waals surface area contributed by atoms with Crippen LogP contribution in [-0.2, 0) is 20.1 Å². The second-order valence-electron chi connectivity index (χ2n) is 8.84. The van der Waals surface area contributed by atoms with E-state index in [0.29, 0.717) is 6.54 Å². The normalized spacial score (nSPS) is 19.2. The minimum Gasteiger partial charge on any atom is -0.369 e. The molecule has 0 saturated carbocycles. The number of piperazine rings is 1. The molecule has 1 aromatic heterocycles. The standard InChI is InChI=1S/C24H34N8O/c1-18-21(16-28-30(18)4)17-31-11-13-32(14-12-31)23-22(25-9-10-26-23)20-7-5-19(6-8-20)15-27-24(33)29(2)3/h5-10,16,23,26H,11-15,17H2,1-4H3,(H,27,33). The molecule has 9 heteroatoms.